The molecule has 4 N–H and O–H groups in total. The highest BCUT2D eigenvalue weighted by Gasteiger charge is 2.31. The third-order valence-electron chi connectivity index (χ3n) is 6.01. The first kappa shape index (κ1) is 36.5. The maximum Gasteiger partial charge on any atom is 0.404 e. The van der Waals surface area contributed by atoms with E-state index >= 15 is 0 Å². The number of primary amides is 1. The van der Waals surface area contributed by atoms with Crippen molar-refractivity contribution in [3.05, 3.63) is 83.2 Å². The lowest BCUT2D eigenvalue weighted by molar-refractivity contribution is 0.0566. The summed E-state index contributed by atoms with van der Waals surface area (Å²) in [4.78, 5) is 33.8. The number of hydrogen-bond donors (Lipinski definition) is 2. The standard InChI is InChI=1S/C25H22ClF4N9O3.C5H12/c1-33-24(31)38(22(40)14-4-2-13(3-5-14)16-9-35-37(10-16)23(29)30)19(11-42-25(32)41)15-6-7-17(26)18(8-15)39-21(20(27)28)34-12-36-39;1-5(2,3)4/h2-10,12,19-20,23H,11H2,1H3,(H2,31,33)(H2,32,41);1-4H3/t19-;/m1./s1. The second kappa shape index (κ2) is 15.5. The van der Waals surface area contributed by atoms with Crippen molar-refractivity contribution >= 4 is 29.6 Å². The summed E-state index contributed by atoms with van der Waals surface area (Å²) in [6, 6.07) is 8.90. The van der Waals surface area contributed by atoms with E-state index in [0.29, 0.717) is 21.2 Å². The fourth-order valence-electron chi connectivity index (χ4n) is 4.02. The van der Waals surface area contributed by atoms with Crippen LogP contribution in [0.1, 0.15) is 68.5 Å². The highest BCUT2D eigenvalue weighted by molar-refractivity contribution is 6.32. The fourth-order valence-corrected chi connectivity index (χ4v) is 4.21. The molecule has 0 saturated carbocycles. The summed E-state index contributed by atoms with van der Waals surface area (Å²) in [6.45, 7) is 5.42. The largest absolute Gasteiger partial charge is 0.447 e. The summed E-state index contributed by atoms with van der Waals surface area (Å²) in [7, 11) is 1.32. The lowest BCUT2D eigenvalue weighted by Crippen LogP contribution is -2.46. The van der Waals surface area contributed by atoms with Gasteiger partial charge in [0.2, 0.25) is 0 Å². The molecule has 0 aliphatic carbocycles. The Kier molecular flexibility index (Phi) is 12.1. The monoisotopic (exact) mass is 679 g/mol. The van der Waals surface area contributed by atoms with Gasteiger partial charge in [0.15, 0.2) is 11.8 Å². The Morgan fingerprint density at radius 1 is 1.02 bits per heavy atom. The zero-order valence-corrected chi connectivity index (χ0v) is 26.9. The number of carbonyl (C=O) groups is 2. The lowest BCUT2D eigenvalue weighted by Gasteiger charge is -2.31. The minimum Gasteiger partial charge on any atom is -0.447 e. The highest BCUT2D eigenvalue weighted by Crippen LogP contribution is 2.31. The zero-order valence-electron chi connectivity index (χ0n) is 26.1. The van der Waals surface area contributed by atoms with E-state index in [1.165, 1.54) is 55.7 Å². The minimum absolute atomic E-state index is 0.000790. The summed E-state index contributed by atoms with van der Waals surface area (Å²) in [6.07, 6.45) is -0.800. The molecule has 0 aliphatic rings. The van der Waals surface area contributed by atoms with Gasteiger partial charge in [-0.25, -0.2) is 27.9 Å². The number of aliphatic imine (C=N–C) groups is 1. The number of nitrogens with zero attached hydrogens (tertiary/aromatic N) is 7. The highest BCUT2D eigenvalue weighted by atomic mass is 35.5. The van der Waals surface area contributed by atoms with Crippen molar-refractivity contribution < 1.29 is 31.9 Å². The first-order valence-corrected chi connectivity index (χ1v) is 14.3. The number of aromatic nitrogens is 5. The molecule has 2 amide bonds. The molecule has 47 heavy (non-hydrogen) atoms. The van der Waals surface area contributed by atoms with E-state index in [1.54, 1.807) is 0 Å². The van der Waals surface area contributed by atoms with Crippen molar-refractivity contribution in [2.24, 2.45) is 21.9 Å². The van der Waals surface area contributed by atoms with E-state index < -0.39 is 43.4 Å². The van der Waals surface area contributed by atoms with Crippen LogP contribution in [-0.2, 0) is 4.74 Å². The number of benzene rings is 2. The van der Waals surface area contributed by atoms with Gasteiger partial charge in [0.05, 0.1) is 22.9 Å². The number of nitrogens with two attached hydrogens (primary N) is 2. The molecular formula is C30H34ClF4N9O3. The van der Waals surface area contributed by atoms with Crippen LogP contribution < -0.4 is 11.5 Å². The van der Waals surface area contributed by atoms with E-state index in [0.717, 1.165) is 22.1 Å². The smallest absolute Gasteiger partial charge is 0.404 e. The van der Waals surface area contributed by atoms with E-state index in [9.17, 15) is 27.2 Å². The molecule has 0 saturated heterocycles. The van der Waals surface area contributed by atoms with Crippen molar-refractivity contribution in [1.82, 2.24) is 29.4 Å². The quantitative estimate of drug-likeness (QED) is 0.118. The first-order valence-electron chi connectivity index (χ1n) is 13.9. The average molecular weight is 680 g/mol. The number of halogens is 5. The normalized spacial score (nSPS) is 12.5. The summed E-state index contributed by atoms with van der Waals surface area (Å²) in [5.41, 5.74) is 13.0. The number of hydrogen-bond acceptors (Lipinski definition) is 7. The second-order valence-corrected chi connectivity index (χ2v) is 11.9. The van der Waals surface area contributed by atoms with Crippen LogP contribution in [0, 0.1) is 5.41 Å². The lowest BCUT2D eigenvalue weighted by atomic mass is 10.0. The van der Waals surface area contributed by atoms with Crippen molar-refractivity contribution in [3.63, 3.8) is 0 Å². The van der Waals surface area contributed by atoms with E-state index in [2.05, 4.69) is 47.9 Å². The van der Waals surface area contributed by atoms with Crippen LogP contribution in [0.4, 0.5) is 22.4 Å². The molecular weight excluding hydrogens is 646 g/mol. The van der Waals surface area contributed by atoms with Crippen LogP contribution in [0.2, 0.25) is 5.02 Å². The fraction of sp³-hybridized carbons (Fsp3) is 0.333. The zero-order chi connectivity index (χ0) is 35.1. The number of guanidine groups is 1. The molecule has 0 bridgehead atoms. The van der Waals surface area contributed by atoms with Gasteiger partial charge in [-0.1, -0.05) is 57.5 Å². The Morgan fingerprint density at radius 2 is 1.66 bits per heavy atom. The van der Waals surface area contributed by atoms with Gasteiger partial charge in [-0.3, -0.25) is 14.7 Å². The Balaban J connectivity index is 0.00000111. The molecule has 12 nitrogen and oxygen atoms in total. The molecule has 17 heteroatoms. The Bertz CT molecular complexity index is 1700. The number of ether oxygens (including phenoxy) is 1. The van der Waals surface area contributed by atoms with Gasteiger partial charge in [0.25, 0.3) is 12.3 Å². The third-order valence-corrected chi connectivity index (χ3v) is 6.33. The van der Waals surface area contributed by atoms with Crippen molar-refractivity contribution in [2.75, 3.05) is 13.7 Å². The molecule has 4 aromatic rings. The van der Waals surface area contributed by atoms with Crippen LogP contribution in [0.5, 0.6) is 0 Å². The Morgan fingerprint density at radius 3 is 2.19 bits per heavy atom. The maximum absolute atomic E-state index is 13.8. The molecule has 252 valence electrons. The average Bonchev–Trinajstić information content (AvgIpc) is 3.69. The molecule has 1 atom stereocenters. The number of amides is 2. The summed E-state index contributed by atoms with van der Waals surface area (Å²) in [5, 5.41) is 7.45. The molecule has 0 fully saturated rings. The van der Waals surface area contributed by atoms with Crippen LogP contribution in [-0.4, -0.2) is 61.1 Å². The van der Waals surface area contributed by atoms with Crippen LogP contribution in [0.25, 0.3) is 16.8 Å². The van der Waals surface area contributed by atoms with Crippen molar-refractivity contribution in [2.45, 2.75) is 46.7 Å². The predicted molar refractivity (Wildman–Crippen MR) is 167 cm³/mol. The molecule has 0 spiro atoms. The van der Waals surface area contributed by atoms with Gasteiger partial charge in [-0.15, -0.1) is 0 Å². The van der Waals surface area contributed by atoms with Crippen molar-refractivity contribution in [1.29, 1.82) is 0 Å². The first-order chi connectivity index (χ1) is 22.0. The van der Waals surface area contributed by atoms with Crippen molar-refractivity contribution in [3.8, 4) is 16.8 Å². The molecule has 2 aromatic heterocycles. The summed E-state index contributed by atoms with van der Waals surface area (Å²) < 4.78 is 59.2. The van der Waals surface area contributed by atoms with Gasteiger partial charge < -0.3 is 16.2 Å². The summed E-state index contributed by atoms with van der Waals surface area (Å²) in [5.74, 6) is -1.66. The Hall–Kier alpha value is -4.99. The van der Waals surface area contributed by atoms with Crippen LogP contribution in [0.15, 0.2) is 66.2 Å². The predicted octanol–water partition coefficient (Wildman–Crippen LogP) is 6.39. The third kappa shape index (κ3) is 9.75. The SMILES string of the molecule is CC(C)(C)C.CN=C(N)N(C(=O)c1ccc(-c2cnn(C(F)F)c2)cc1)[C@H](COC(N)=O)c1ccc(Cl)c(-n2ncnc2C(F)F)c1. The van der Waals surface area contributed by atoms with Crippen LogP contribution >= 0.6 is 11.6 Å². The second-order valence-electron chi connectivity index (χ2n) is 11.5. The Labute approximate surface area is 273 Å². The van der Waals surface area contributed by atoms with Gasteiger partial charge in [-0.05, 0) is 40.8 Å². The van der Waals surface area contributed by atoms with E-state index in [1.807, 2.05) is 0 Å². The molecule has 0 radical (unpaired) electrons. The molecule has 0 aliphatic heterocycles. The minimum atomic E-state index is -2.98. The van der Waals surface area contributed by atoms with Gasteiger partial charge in [0, 0.05) is 24.4 Å². The maximum atomic E-state index is 13.8. The van der Waals surface area contributed by atoms with Gasteiger partial charge in [0.1, 0.15) is 12.9 Å². The summed E-state index contributed by atoms with van der Waals surface area (Å²) >= 11 is 6.29. The number of alkyl halides is 4. The van der Waals surface area contributed by atoms with Crippen LogP contribution in [0.3, 0.4) is 0 Å². The topological polar surface area (TPSA) is 160 Å². The van der Waals surface area contributed by atoms with E-state index in [-0.39, 0.29) is 27.8 Å². The number of carbonyl (C=O) groups excluding carboxylic acids is 2. The molecule has 4 rings (SSSR count). The molecule has 2 heterocycles. The number of rotatable bonds is 9. The molecule has 0 unspecified atom stereocenters. The van der Waals surface area contributed by atoms with E-state index in [4.69, 9.17) is 27.8 Å². The molecule has 2 aromatic carbocycles. The van der Waals surface area contributed by atoms with Gasteiger partial charge in [-0.2, -0.15) is 19.0 Å². The van der Waals surface area contributed by atoms with Gasteiger partial charge >= 0.3 is 12.6 Å².